The Bertz CT molecular complexity index is 948. The van der Waals surface area contributed by atoms with Gasteiger partial charge in [-0.3, -0.25) is 4.98 Å². The summed E-state index contributed by atoms with van der Waals surface area (Å²) in [6, 6.07) is 10.5. The summed E-state index contributed by atoms with van der Waals surface area (Å²) in [5, 5.41) is 5.27. The molecule has 0 saturated carbocycles. The summed E-state index contributed by atoms with van der Waals surface area (Å²) < 4.78 is 1.23. The van der Waals surface area contributed by atoms with Gasteiger partial charge >= 0.3 is 5.69 Å². The molecule has 0 saturated heterocycles. The van der Waals surface area contributed by atoms with Crippen molar-refractivity contribution in [3.05, 3.63) is 68.1 Å². The number of aromatic amines is 1. The van der Waals surface area contributed by atoms with Crippen LogP contribution in [0.5, 0.6) is 0 Å². The largest absolute Gasteiger partial charge is 0.348 e. The molecule has 0 aliphatic carbocycles. The number of rotatable bonds is 4. The minimum atomic E-state index is -0.393. The molecule has 5 N–H and O–H groups in total. The number of nitrogens with two attached hydrogens (primary N) is 2. The summed E-state index contributed by atoms with van der Waals surface area (Å²) in [6.45, 7) is 0.687. The molecule has 6 nitrogen and oxygen atoms in total. The Labute approximate surface area is 148 Å². The molecule has 1 aromatic heterocycles. The van der Waals surface area contributed by atoms with Crippen LogP contribution in [-0.2, 0) is 13.1 Å². The predicted octanol–water partition coefficient (Wildman–Crippen LogP) is 2.45. The first kappa shape index (κ1) is 16.7. The zero-order valence-electron chi connectivity index (χ0n) is 12.6. The molecule has 0 aliphatic heterocycles. The Morgan fingerprint density at radius 3 is 2.50 bits per heavy atom. The zero-order chi connectivity index (χ0) is 17.3. The SMILES string of the molecule is NCc1ccc(Cl)c(-c2nn(-c3ccc(CN)c(Cl)c3)c(=O)[nH]2)c1. The second-order valence-corrected chi connectivity index (χ2v) is 6.00. The number of aromatic nitrogens is 3. The van der Waals surface area contributed by atoms with Gasteiger partial charge in [0.25, 0.3) is 0 Å². The maximum Gasteiger partial charge on any atom is 0.348 e. The molecule has 8 heteroatoms. The number of nitrogens with zero attached hydrogens (tertiary/aromatic N) is 2. The fourth-order valence-corrected chi connectivity index (χ4v) is 2.79. The van der Waals surface area contributed by atoms with Crippen LogP contribution in [-0.4, -0.2) is 14.8 Å². The molecular formula is C16H15Cl2N5O. The second-order valence-electron chi connectivity index (χ2n) is 5.19. The molecule has 0 aliphatic rings. The highest BCUT2D eigenvalue weighted by molar-refractivity contribution is 6.33. The molecule has 0 bridgehead atoms. The summed E-state index contributed by atoms with van der Waals surface area (Å²) in [7, 11) is 0. The van der Waals surface area contributed by atoms with Gasteiger partial charge in [-0.1, -0.05) is 35.3 Å². The molecule has 124 valence electrons. The quantitative estimate of drug-likeness (QED) is 0.662. The van der Waals surface area contributed by atoms with E-state index in [1.807, 2.05) is 6.07 Å². The molecular weight excluding hydrogens is 349 g/mol. The summed E-state index contributed by atoms with van der Waals surface area (Å²) in [4.78, 5) is 15.0. The average molecular weight is 364 g/mol. The number of nitrogens with one attached hydrogen (secondary N) is 1. The number of hydrogen-bond donors (Lipinski definition) is 3. The van der Waals surface area contributed by atoms with Crippen LogP contribution >= 0.6 is 23.2 Å². The van der Waals surface area contributed by atoms with Crippen molar-refractivity contribution in [3.8, 4) is 17.1 Å². The molecule has 0 amide bonds. The van der Waals surface area contributed by atoms with Gasteiger partial charge < -0.3 is 11.5 Å². The zero-order valence-corrected chi connectivity index (χ0v) is 14.1. The fraction of sp³-hybridized carbons (Fsp3) is 0.125. The summed E-state index contributed by atoms with van der Waals surface area (Å²) in [5.74, 6) is 0.360. The molecule has 0 radical (unpaired) electrons. The van der Waals surface area contributed by atoms with Gasteiger partial charge in [0.05, 0.1) is 10.7 Å². The lowest BCUT2D eigenvalue weighted by Crippen LogP contribution is -2.16. The molecule has 0 spiro atoms. The standard InChI is InChI=1S/C16H15Cl2N5O/c17-13-4-1-9(7-19)5-12(13)15-21-16(24)23(22-15)11-3-2-10(8-20)14(18)6-11/h1-6H,7-8,19-20H2,(H,21,22,24). The van der Waals surface area contributed by atoms with Gasteiger partial charge in [-0.05, 0) is 35.4 Å². The number of halogens is 2. The third-order valence-electron chi connectivity index (χ3n) is 3.64. The van der Waals surface area contributed by atoms with Crippen molar-refractivity contribution in [2.75, 3.05) is 0 Å². The van der Waals surface area contributed by atoms with E-state index in [2.05, 4.69) is 10.1 Å². The van der Waals surface area contributed by atoms with Crippen LogP contribution in [0.4, 0.5) is 0 Å². The lowest BCUT2D eigenvalue weighted by Gasteiger charge is -2.05. The maximum absolute atomic E-state index is 12.3. The van der Waals surface area contributed by atoms with E-state index in [1.54, 1.807) is 30.3 Å². The molecule has 2 aromatic carbocycles. The fourth-order valence-electron chi connectivity index (χ4n) is 2.34. The average Bonchev–Trinajstić information content (AvgIpc) is 2.97. The molecule has 3 rings (SSSR count). The van der Waals surface area contributed by atoms with Crippen molar-refractivity contribution in [3.63, 3.8) is 0 Å². The van der Waals surface area contributed by atoms with E-state index >= 15 is 0 Å². The Hall–Kier alpha value is -2.12. The van der Waals surface area contributed by atoms with Gasteiger partial charge in [-0.2, -0.15) is 4.68 Å². The van der Waals surface area contributed by atoms with Gasteiger partial charge in [0.1, 0.15) is 0 Å². The molecule has 3 aromatic rings. The summed E-state index contributed by atoms with van der Waals surface area (Å²) in [6.07, 6.45) is 0. The summed E-state index contributed by atoms with van der Waals surface area (Å²) in [5.41, 5.74) is 13.7. The van der Waals surface area contributed by atoms with Crippen molar-refractivity contribution >= 4 is 23.2 Å². The van der Waals surface area contributed by atoms with E-state index in [9.17, 15) is 4.79 Å². The number of benzene rings is 2. The molecule has 0 fully saturated rings. The van der Waals surface area contributed by atoms with Gasteiger partial charge in [0.15, 0.2) is 5.82 Å². The van der Waals surface area contributed by atoms with E-state index in [-0.39, 0.29) is 0 Å². The number of H-pyrrole nitrogens is 1. The van der Waals surface area contributed by atoms with Gasteiger partial charge in [0.2, 0.25) is 0 Å². The Morgan fingerprint density at radius 2 is 1.83 bits per heavy atom. The van der Waals surface area contributed by atoms with Crippen molar-refractivity contribution in [1.29, 1.82) is 0 Å². The summed E-state index contributed by atoms with van der Waals surface area (Å²) >= 11 is 12.4. The van der Waals surface area contributed by atoms with Crippen LogP contribution in [0.15, 0.2) is 41.2 Å². The van der Waals surface area contributed by atoms with Crippen LogP contribution in [0.2, 0.25) is 10.0 Å². The predicted molar refractivity (Wildman–Crippen MR) is 95.4 cm³/mol. The Morgan fingerprint density at radius 1 is 1.04 bits per heavy atom. The third-order valence-corrected chi connectivity index (χ3v) is 4.32. The molecule has 24 heavy (non-hydrogen) atoms. The molecule has 0 atom stereocenters. The van der Waals surface area contributed by atoms with Crippen molar-refractivity contribution in [1.82, 2.24) is 14.8 Å². The van der Waals surface area contributed by atoms with Crippen LogP contribution in [0.1, 0.15) is 11.1 Å². The van der Waals surface area contributed by atoms with Gasteiger partial charge in [0, 0.05) is 23.7 Å². The van der Waals surface area contributed by atoms with Crippen LogP contribution in [0, 0.1) is 0 Å². The minimum Gasteiger partial charge on any atom is -0.326 e. The van der Waals surface area contributed by atoms with E-state index in [4.69, 9.17) is 34.7 Å². The highest BCUT2D eigenvalue weighted by Crippen LogP contribution is 2.26. The van der Waals surface area contributed by atoms with Crippen LogP contribution in [0.25, 0.3) is 17.1 Å². The molecule has 0 unspecified atom stereocenters. The first-order valence-electron chi connectivity index (χ1n) is 7.20. The maximum atomic E-state index is 12.3. The first-order chi connectivity index (χ1) is 11.5. The van der Waals surface area contributed by atoms with E-state index in [1.165, 1.54) is 4.68 Å². The number of hydrogen-bond acceptors (Lipinski definition) is 4. The second kappa shape index (κ2) is 6.78. The molecule has 1 heterocycles. The topological polar surface area (TPSA) is 103 Å². The highest BCUT2D eigenvalue weighted by atomic mass is 35.5. The Balaban J connectivity index is 2.08. The van der Waals surface area contributed by atoms with Crippen molar-refractivity contribution in [2.24, 2.45) is 11.5 Å². The van der Waals surface area contributed by atoms with Crippen LogP contribution in [0.3, 0.4) is 0 Å². The Kier molecular flexibility index (Phi) is 4.73. The monoisotopic (exact) mass is 363 g/mol. The van der Waals surface area contributed by atoms with Crippen LogP contribution < -0.4 is 17.2 Å². The van der Waals surface area contributed by atoms with Crippen molar-refractivity contribution in [2.45, 2.75) is 13.1 Å². The van der Waals surface area contributed by atoms with E-state index in [0.29, 0.717) is 40.2 Å². The smallest absolute Gasteiger partial charge is 0.326 e. The lowest BCUT2D eigenvalue weighted by atomic mass is 10.1. The highest BCUT2D eigenvalue weighted by Gasteiger charge is 2.13. The van der Waals surface area contributed by atoms with Gasteiger partial charge in [-0.15, -0.1) is 5.10 Å². The lowest BCUT2D eigenvalue weighted by molar-refractivity contribution is 0.843. The first-order valence-corrected chi connectivity index (χ1v) is 7.96. The van der Waals surface area contributed by atoms with E-state index in [0.717, 1.165) is 11.1 Å². The van der Waals surface area contributed by atoms with Gasteiger partial charge in [-0.25, -0.2) is 4.79 Å². The van der Waals surface area contributed by atoms with E-state index < -0.39 is 5.69 Å². The normalized spacial score (nSPS) is 11.0. The third kappa shape index (κ3) is 3.09. The van der Waals surface area contributed by atoms with Crippen molar-refractivity contribution < 1.29 is 0 Å². The minimum absolute atomic E-state index is 0.321.